The highest BCUT2D eigenvalue weighted by molar-refractivity contribution is 6.46. The second-order valence-electron chi connectivity index (χ2n) is 3.43. The fourth-order valence-corrected chi connectivity index (χ4v) is 1.72. The lowest BCUT2D eigenvalue weighted by atomic mass is 10.4. The molecule has 2 rings (SSSR count). The van der Waals surface area contributed by atoms with Crippen LogP contribution < -0.4 is 11.2 Å². The molecule has 0 saturated heterocycles. The molecule has 0 radical (unpaired) electrons. The quantitative estimate of drug-likeness (QED) is 0.810. The van der Waals surface area contributed by atoms with Crippen LogP contribution in [0.2, 0.25) is 15.3 Å². The maximum absolute atomic E-state index is 13.9. The number of hydrogen-bond donors (Lipinski definition) is 1. The van der Waals surface area contributed by atoms with Crippen molar-refractivity contribution in [2.75, 3.05) is 0 Å². The molecule has 0 unspecified atom stereocenters. The average molecular weight is 326 g/mol. The zero-order valence-electron chi connectivity index (χ0n) is 9.17. The van der Waals surface area contributed by atoms with E-state index in [9.17, 15) is 14.0 Å². The molecule has 6 nitrogen and oxygen atoms in total. The van der Waals surface area contributed by atoms with Gasteiger partial charge in [0.25, 0.3) is 5.56 Å². The van der Waals surface area contributed by atoms with E-state index < -0.39 is 23.1 Å². The molecule has 100 valence electrons. The molecule has 0 spiro atoms. The Morgan fingerprint density at radius 3 is 2.21 bits per heavy atom. The van der Waals surface area contributed by atoms with Gasteiger partial charge in [-0.2, -0.15) is 14.4 Å². The molecule has 0 aliphatic heterocycles. The van der Waals surface area contributed by atoms with Gasteiger partial charge in [0.2, 0.25) is 11.9 Å². The van der Waals surface area contributed by atoms with Crippen LogP contribution in [0.25, 0.3) is 5.95 Å². The molecule has 0 aliphatic rings. The van der Waals surface area contributed by atoms with Crippen LogP contribution in [-0.4, -0.2) is 19.5 Å². The van der Waals surface area contributed by atoms with Gasteiger partial charge in [-0.1, -0.05) is 34.8 Å². The van der Waals surface area contributed by atoms with Crippen LogP contribution in [-0.2, 0) is 0 Å². The minimum Gasteiger partial charge on any atom is -0.273 e. The van der Waals surface area contributed by atoms with E-state index in [-0.39, 0.29) is 20.9 Å². The third-order valence-corrected chi connectivity index (χ3v) is 3.33. The molecule has 2 aromatic rings. The first-order valence-electron chi connectivity index (χ1n) is 4.73. The van der Waals surface area contributed by atoms with Gasteiger partial charge in [-0.05, 0) is 6.92 Å². The summed E-state index contributed by atoms with van der Waals surface area (Å²) in [6, 6.07) is 0. The normalized spacial score (nSPS) is 10.8. The van der Waals surface area contributed by atoms with Crippen molar-refractivity contribution in [3.05, 3.63) is 47.7 Å². The van der Waals surface area contributed by atoms with Crippen molar-refractivity contribution in [2.24, 2.45) is 0 Å². The van der Waals surface area contributed by atoms with Crippen molar-refractivity contribution >= 4 is 34.8 Å². The molecule has 0 fully saturated rings. The highest BCUT2D eigenvalue weighted by Crippen LogP contribution is 2.27. The van der Waals surface area contributed by atoms with Gasteiger partial charge < -0.3 is 0 Å². The van der Waals surface area contributed by atoms with E-state index in [0.29, 0.717) is 4.57 Å². The summed E-state index contributed by atoms with van der Waals surface area (Å²) in [6.07, 6.45) is 0. The maximum Gasteiger partial charge on any atom is 0.337 e. The SMILES string of the molecule is Cc1c(F)n(-c2nc(Cl)c(Cl)c(Cl)n2)c(=O)[nH]c1=O. The monoisotopic (exact) mass is 324 g/mol. The van der Waals surface area contributed by atoms with Gasteiger partial charge in [0.05, 0.1) is 5.56 Å². The molecule has 0 atom stereocenters. The van der Waals surface area contributed by atoms with Gasteiger partial charge in [-0.25, -0.2) is 9.36 Å². The zero-order chi connectivity index (χ0) is 14.3. The third-order valence-electron chi connectivity index (χ3n) is 2.23. The predicted molar refractivity (Wildman–Crippen MR) is 68.0 cm³/mol. The molecule has 0 aromatic carbocycles. The Balaban J connectivity index is 2.84. The Morgan fingerprint density at radius 1 is 1.16 bits per heavy atom. The Hall–Kier alpha value is -1.44. The van der Waals surface area contributed by atoms with Crippen LogP contribution in [0.15, 0.2) is 9.59 Å². The number of nitrogens with zero attached hydrogens (tertiary/aromatic N) is 3. The van der Waals surface area contributed by atoms with Crippen molar-refractivity contribution in [2.45, 2.75) is 6.92 Å². The van der Waals surface area contributed by atoms with Crippen LogP contribution in [0, 0.1) is 12.9 Å². The first-order valence-corrected chi connectivity index (χ1v) is 5.86. The molecular formula is C9H4Cl3FN4O2. The summed E-state index contributed by atoms with van der Waals surface area (Å²) in [5.41, 5.74) is -2.20. The summed E-state index contributed by atoms with van der Waals surface area (Å²) in [5, 5.41) is -0.611. The first kappa shape index (κ1) is 14.0. The summed E-state index contributed by atoms with van der Waals surface area (Å²) in [5.74, 6) is -1.54. The fraction of sp³-hybridized carbons (Fsp3) is 0.111. The van der Waals surface area contributed by atoms with E-state index >= 15 is 0 Å². The van der Waals surface area contributed by atoms with Crippen LogP contribution >= 0.6 is 34.8 Å². The van der Waals surface area contributed by atoms with Crippen molar-refractivity contribution in [1.82, 2.24) is 19.5 Å². The molecule has 0 aliphatic carbocycles. The molecule has 0 amide bonds. The topological polar surface area (TPSA) is 80.6 Å². The van der Waals surface area contributed by atoms with Crippen molar-refractivity contribution in [3.63, 3.8) is 0 Å². The van der Waals surface area contributed by atoms with Crippen LogP contribution in [0.4, 0.5) is 4.39 Å². The number of aromatic nitrogens is 4. The number of aromatic amines is 1. The van der Waals surface area contributed by atoms with Gasteiger partial charge in [0.1, 0.15) is 5.02 Å². The lowest BCUT2D eigenvalue weighted by Crippen LogP contribution is -2.34. The standard InChI is InChI=1S/C9H4Cl3FN4O2/c1-2-6(13)17(9(19)16-7(2)18)8-14-4(11)3(10)5(12)15-8/h1H3,(H,16,18,19). The third kappa shape index (κ3) is 2.36. The van der Waals surface area contributed by atoms with E-state index in [1.54, 1.807) is 0 Å². The molecule has 2 heterocycles. The lowest BCUT2D eigenvalue weighted by Gasteiger charge is -2.07. The minimum absolute atomic E-state index is 0.123. The van der Waals surface area contributed by atoms with E-state index in [1.165, 1.54) is 6.92 Å². The van der Waals surface area contributed by atoms with Crippen molar-refractivity contribution < 1.29 is 4.39 Å². The van der Waals surface area contributed by atoms with Crippen LogP contribution in [0.1, 0.15) is 5.56 Å². The molecule has 1 N–H and O–H groups in total. The van der Waals surface area contributed by atoms with Gasteiger partial charge >= 0.3 is 5.69 Å². The number of H-pyrrole nitrogens is 1. The van der Waals surface area contributed by atoms with Gasteiger partial charge in [-0.3, -0.25) is 9.78 Å². The zero-order valence-corrected chi connectivity index (χ0v) is 11.4. The smallest absolute Gasteiger partial charge is 0.273 e. The maximum atomic E-state index is 13.9. The highest BCUT2D eigenvalue weighted by atomic mass is 35.5. The molecule has 0 saturated carbocycles. The second kappa shape index (κ2) is 4.92. The molecule has 2 aromatic heterocycles. The van der Waals surface area contributed by atoms with Crippen molar-refractivity contribution in [1.29, 1.82) is 0 Å². The summed E-state index contributed by atoms with van der Waals surface area (Å²) in [4.78, 5) is 32.0. The van der Waals surface area contributed by atoms with Gasteiger partial charge in [-0.15, -0.1) is 0 Å². The number of nitrogens with one attached hydrogen (secondary N) is 1. The Kier molecular flexibility index (Phi) is 3.62. The first-order chi connectivity index (χ1) is 8.82. The van der Waals surface area contributed by atoms with E-state index in [2.05, 4.69) is 9.97 Å². The molecule has 19 heavy (non-hydrogen) atoms. The Bertz CT molecular complexity index is 763. The average Bonchev–Trinajstić information content (AvgIpc) is 2.33. The minimum atomic E-state index is -1.11. The van der Waals surface area contributed by atoms with Crippen LogP contribution in [0.5, 0.6) is 0 Å². The fourth-order valence-electron chi connectivity index (χ4n) is 1.26. The van der Waals surface area contributed by atoms with E-state index in [4.69, 9.17) is 34.8 Å². The lowest BCUT2D eigenvalue weighted by molar-refractivity contribution is 0.514. The largest absolute Gasteiger partial charge is 0.337 e. The molecule has 0 bridgehead atoms. The summed E-state index contributed by atoms with van der Waals surface area (Å²) >= 11 is 17.0. The number of hydrogen-bond acceptors (Lipinski definition) is 4. The summed E-state index contributed by atoms with van der Waals surface area (Å²) in [6.45, 7) is 1.20. The van der Waals surface area contributed by atoms with Gasteiger partial charge in [0, 0.05) is 0 Å². The molecule has 10 heteroatoms. The highest BCUT2D eigenvalue weighted by Gasteiger charge is 2.17. The van der Waals surface area contributed by atoms with Gasteiger partial charge in [0.15, 0.2) is 10.3 Å². The second-order valence-corrected chi connectivity index (χ2v) is 4.52. The van der Waals surface area contributed by atoms with E-state index in [0.717, 1.165) is 0 Å². The predicted octanol–water partition coefficient (Wildman–Crippen LogP) is 1.72. The summed E-state index contributed by atoms with van der Waals surface area (Å²) in [7, 11) is 0. The Morgan fingerprint density at radius 2 is 1.68 bits per heavy atom. The van der Waals surface area contributed by atoms with Crippen molar-refractivity contribution in [3.8, 4) is 5.95 Å². The Labute approximate surface area is 119 Å². The number of halogens is 4. The van der Waals surface area contributed by atoms with E-state index in [1.807, 2.05) is 4.98 Å². The van der Waals surface area contributed by atoms with Crippen LogP contribution in [0.3, 0.4) is 0 Å². The molecular weight excluding hydrogens is 321 g/mol. The number of rotatable bonds is 1. The summed E-state index contributed by atoms with van der Waals surface area (Å²) < 4.78 is 14.4.